The van der Waals surface area contributed by atoms with Gasteiger partial charge in [-0.05, 0) is 30.4 Å². The van der Waals surface area contributed by atoms with Crippen molar-refractivity contribution in [3.8, 4) is 0 Å². The fraction of sp³-hybridized carbons (Fsp3) is 0.111. The molecule has 1 aromatic carbocycles. The van der Waals surface area contributed by atoms with E-state index in [9.17, 15) is 4.79 Å². The lowest BCUT2D eigenvalue weighted by atomic mass is 10.3. The number of nitrogens with one attached hydrogen (secondary N) is 1. The van der Waals surface area contributed by atoms with E-state index in [1.54, 1.807) is 0 Å². The van der Waals surface area contributed by atoms with Crippen LogP contribution < -0.4 is 10.2 Å². The summed E-state index contributed by atoms with van der Waals surface area (Å²) in [4.78, 5) is 13.0. The molecule has 72 valence electrons. The number of amides is 1. The topological polar surface area (TPSA) is 32.3 Å². The Labute approximate surface area is 95.2 Å². The Morgan fingerprint density at radius 2 is 2.29 bits per heavy atom. The second-order valence-electron chi connectivity index (χ2n) is 2.87. The van der Waals surface area contributed by atoms with Crippen molar-refractivity contribution in [3.63, 3.8) is 0 Å². The van der Waals surface area contributed by atoms with Crippen LogP contribution in [0.25, 0.3) is 0 Å². The molecule has 3 nitrogen and oxygen atoms in total. The third-order valence-electron chi connectivity index (χ3n) is 1.91. The molecule has 0 aliphatic carbocycles. The number of carbonyl (C=O) groups excluding carboxylic acids is 1. The summed E-state index contributed by atoms with van der Waals surface area (Å²) >= 11 is 8.37. The molecule has 14 heavy (non-hydrogen) atoms. The molecule has 1 saturated heterocycles. The lowest BCUT2D eigenvalue weighted by Gasteiger charge is -2.14. The van der Waals surface area contributed by atoms with E-state index >= 15 is 0 Å². The monoisotopic (exact) mass is 270 g/mol. The average Bonchev–Trinajstić information content (AvgIpc) is 2.46. The molecule has 0 unspecified atom stereocenters. The van der Waals surface area contributed by atoms with E-state index in [0.29, 0.717) is 5.11 Å². The van der Waals surface area contributed by atoms with Gasteiger partial charge in [-0.3, -0.25) is 9.69 Å². The van der Waals surface area contributed by atoms with Gasteiger partial charge in [0.05, 0.1) is 12.2 Å². The van der Waals surface area contributed by atoms with Crippen LogP contribution in [0.1, 0.15) is 0 Å². The molecule has 1 aliphatic heterocycles. The molecule has 1 aromatic rings. The maximum Gasteiger partial charge on any atom is 0.252 e. The second kappa shape index (κ2) is 3.67. The minimum absolute atomic E-state index is 0.0203. The molecular formula is C9H7BrN2OS. The molecule has 0 bridgehead atoms. The van der Waals surface area contributed by atoms with Crippen molar-refractivity contribution >= 4 is 44.9 Å². The van der Waals surface area contributed by atoms with Gasteiger partial charge < -0.3 is 5.32 Å². The summed E-state index contributed by atoms with van der Waals surface area (Å²) in [5, 5.41) is 3.30. The highest BCUT2D eigenvalue weighted by molar-refractivity contribution is 9.10. The van der Waals surface area contributed by atoms with E-state index < -0.39 is 0 Å². The number of hydrogen-bond donors (Lipinski definition) is 1. The number of benzene rings is 1. The number of carbonyl (C=O) groups is 1. The van der Waals surface area contributed by atoms with Gasteiger partial charge in [0, 0.05) is 4.47 Å². The molecule has 0 aromatic heterocycles. The lowest BCUT2D eigenvalue weighted by molar-refractivity contribution is -0.115. The van der Waals surface area contributed by atoms with Crippen molar-refractivity contribution in [3.05, 3.63) is 28.7 Å². The SMILES string of the molecule is O=C1CNC(=S)N1c1cccc(Br)c1. The van der Waals surface area contributed by atoms with Gasteiger partial charge in [-0.1, -0.05) is 22.0 Å². The van der Waals surface area contributed by atoms with Gasteiger partial charge in [0.15, 0.2) is 5.11 Å². The van der Waals surface area contributed by atoms with Crippen LogP contribution in [0.15, 0.2) is 28.7 Å². The minimum atomic E-state index is -0.0203. The van der Waals surface area contributed by atoms with Crippen LogP contribution in [0.3, 0.4) is 0 Å². The fourth-order valence-corrected chi connectivity index (χ4v) is 1.97. The molecule has 2 rings (SSSR count). The maximum absolute atomic E-state index is 11.5. The van der Waals surface area contributed by atoms with Crippen LogP contribution in [-0.4, -0.2) is 17.6 Å². The zero-order chi connectivity index (χ0) is 10.1. The van der Waals surface area contributed by atoms with Crippen molar-refractivity contribution in [2.45, 2.75) is 0 Å². The molecular weight excluding hydrogens is 264 g/mol. The van der Waals surface area contributed by atoms with Crippen molar-refractivity contribution < 1.29 is 4.79 Å². The van der Waals surface area contributed by atoms with E-state index in [0.717, 1.165) is 10.2 Å². The molecule has 5 heteroatoms. The zero-order valence-corrected chi connectivity index (χ0v) is 9.56. The van der Waals surface area contributed by atoms with Crippen molar-refractivity contribution in [2.24, 2.45) is 0 Å². The molecule has 0 saturated carbocycles. The maximum atomic E-state index is 11.5. The molecule has 1 fully saturated rings. The van der Waals surface area contributed by atoms with Crippen LogP contribution in [0.2, 0.25) is 0 Å². The van der Waals surface area contributed by atoms with Gasteiger partial charge in [0.1, 0.15) is 0 Å². The van der Waals surface area contributed by atoms with Gasteiger partial charge in [-0.25, -0.2) is 0 Å². The standard InChI is InChI=1S/C9H7BrN2OS/c10-6-2-1-3-7(4-6)12-8(13)5-11-9(12)14/h1-4H,5H2,(H,11,14). The van der Waals surface area contributed by atoms with E-state index in [-0.39, 0.29) is 12.5 Å². The highest BCUT2D eigenvalue weighted by Crippen LogP contribution is 2.21. The van der Waals surface area contributed by atoms with Crippen LogP contribution >= 0.6 is 28.1 Å². The smallest absolute Gasteiger partial charge is 0.252 e. The Morgan fingerprint density at radius 1 is 1.50 bits per heavy atom. The first-order valence-electron chi connectivity index (χ1n) is 4.05. The van der Waals surface area contributed by atoms with Crippen molar-refractivity contribution in [2.75, 3.05) is 11.4 Å². The number of anilines is 1. The van der Waals surface area contributed by atoms with Gasteiger partial charge in [-0.15, -0.1) is 0 Å². The number of nitrogens with zero attached hydrogens (tertiary/aromatic N) is 1. The van der Waals surface area contributed by atoms with Gasteiger partial charge in [0.25, 0.3) is 5.91 Å². The van der Waals surface area contributed by atoms with Gasteiger partial charge >= 0.3 is 0 Å². The van der Waals surface area contributed by atoms with E-state index in [1.807, 2.05) is 24.3 Å². The van der Waals surface area contributed by atoms with E-state index in [4.69, 9.17) is 12.2 Å². The molecule has 0 spiro atoms. The summed E-state index contributed by atoms with van der Waals surface area (Å²) in [5.41, 5.74) is 0.791. The molecule has 0 radical (unpaired) electrons. The Morgan fingerprint density at radius 3 is 2.86 bits per heavy atom. The van der Waals surface area contributed by atoms with Crippen LogP contribution in [0.5, 0.6) is 0 Å². The number of thiocarbonyl (C=S) groups is 1. The molecule has 0 atom stereocenters. The Balaban J connectivity index is 2.39. The third kappa shape index (κ3) is 1.65. The molecule has 1 heterocycles. The summed E-state index contributed by atoms with van der Waals surface area (Å²) in [6, 6.07) is 7.48. The number of halogens is 1. The molecule has 1 aliphatic rings. The van der Waals surface area contributed by atoms with Gasteiger partial charge in [-0.2, -0.15) is 0 Å². The molecule has 1 N–H and O–H groups in total. The number of rotatable bonds is 1. The Hall–Kier alpha value is -0.940. The average molecular weight is 271 g/mol. The summed E-state index contributed by atoms with van der Waals surface area (Å²) < 4.78 is 0.928. The Bertz CT molecular complexity index is 392. The quantitative estimate of drug-likeness (QED) is 0.789. The van der Waals surface area contributed by atoms with E-state index in [2.05, 4.69) is 21.2 Å². The highest BCUT2D eigenvalue weighted by Gasteiger charge is 2.26. The van der Waals surface area contributed by atoms with Crippen LogP contribution in [0.4, 0.5) is 5.69 Å². The lowest BCUT2D eigenvalue weighted by Crippen LogP contribution is -2.30. The first kappa shape index (κ1) is 9.61. The second-order valence-corrected chi connectivity index (χ2v) is 4.17. The summed E-state index contributed by atoms with van der Waals surface area (Å²) in [7, 11) is 0. The first-order chi connectivity index (χ1) is 6.68. The summed E-state index contributed by atoms with van der Waals surface area (Å²) in [6.45, 7) is 0.283. The van der Waals surface area contributed by atoms with Crippen molar-refractivity contribution in [1.29, 1.82) is 0 Å². The third-order valence-corrected chi connectivity index (χ3v) is 2.73. The summed E-state index contributed by atoms with van der Waals surface area (Å²) in [5.74, 6) is -0.0203. The van der Waals surface area contributed by atoms with Crippen LogP contribution in [-0.2, 0) is 4.79 Å². The van der Waals surface area contributed by atoms with Crippen LogP contribution in [0, 0.1) is 0 Å². The van der Waals surface area contributed by atoms with Crippen molar-refractivity contribution in [1.82, 2.24) is 5.32 Å². The predicted molar refractivity (Wildman–Crippen MR) is 62.2 cm³/mol. The fourth-order valence-electron chi connectivity index (χ4n) is 1.30. The minimum Gasteiger partial charge on any atom is -0.353 e. The predicted octanol–water partition coefficient (Wildman–Crippen LogP) is 1.67. The normalized spacial score (nSPS) is 15.9. The Kier molecular flexibility index (Phi) is 2.52. The van der Waals surface area contributed by atoms with E-state index in [1.165, 1.54) is 4.90 Å². The van der Waals surface area contributed by atoms with Gasteiger partial charge in [0.2, 0.25) is 0 Å². The highest BCUT2D eigenvalue weighted by atomic mass is 79.9. The summed E-state index contributed by atoms with van der Waals surface area (Å²) in [6.07, 6.45) is 0. The zero-order valence-electron chi connectivity index (χ0n) is 7.16. The largest absolute Gasteiger partial charge is 0.353 e. The first-order valence-corrected chi connectivity index (χ1v) is 5.25. The number of hydrogen-bond acceptors (Lipinski definition) is 2. The molecule has 1 amide bonds.